The molecule has 132 valence electrons. The van der Waals surface area contributed by atoms with Gasteiger partial charge in [0.05, 0.1) is 12.1 Å². The minimum Gasteiger partial charge on any atom is -0.496 e. The van der Waals surface area contributed by atoms with E-state index >= 15 is 0 Å². The van der Waals surface area contributed by atoms with Gasteiger partial charge in [-0.2, -0.15) is 0 Å². The molecule has 3 fully saturated rings. The molecule has 0 N–H and O–H groups in total. The lowest BCUT2D eigenvalue weighted by atomic mass is 9.94. The standard InChI is InChI=1S/C19H27ClN2O2/c1-23-18-12-15(24-19-5-4-9-22(14-19)10-6-19)11-17(20)16(18)13-21-7-2-3-8-21/h11-12H,2-10,13-14H2,1H3. The maximum absolute atomic E-state index is 6.61. The Bertz CT molecular complexity index is 599. The first-order chi connectivity index (χ1) is 11.7. The highest BCUT2D eigenvalue weighted by Crippen LogP contribution is 2.39. The fourth-order valence-corrected chi connectivity index (χ4v) is 4.74. The van der Waals surface area contributed by atoms with Crippen molar-refractivity contribution >= 4 is 11.6 Å². The molecule has 3 aliphatic rings. The Balaban J connectivity index is 1.55. The molecule has 0 radical (unpaired) electrons. The number of benzene rings is 1. The SMILES string of the molecule is COc1cc(OC23CCCN(CC2)C3)cc(Cl)c1CN1CCCC1. The normalized spacial score (nSPS) is 29.8. The van der Waals surface area contributed by atoms with Crippen molar-refractivity contribution in [2.45, 2.75) is 44.2 Å². The average molecular weight is 351 g/mol. The zero-order valence-electron chi connectivity index (χ0n) is 14.5. The number of rotatable bonds is 5. The van der Waals surface area contributed by atoms with Crippen LogP contribution in [0.5, 0.6) is 11.5 Å². The summed E-state index contributed by atoms with van der Waals surface area (Å²) in [7, 11) is 1.72. The molecule has 4 rings (SSSR count). The highest BCUT2D eigenvalue weighted by molar-refractivity contribution is 6.31. The van der Waals surface area contributed by atoms with E-state index in [0.717, 1.165) is 67.7 Å². The van der Waals surface area contributed by atoms with Crippen LogP contribution in [0.1, 0.15) is 37.7 Å². The smallest absolute Gasteiger partial charge is 0.128 e. The minimum absolute atomic E-state index is 0.0247. The highest BCUT2D eigenvalue weighted by Gasteiger charge is 2.43. The first kappa shape index (κ1) is 16.5. The van der Waals surface area contributed by atoms with E-state index in [9.17, 15) is 0 Å². The van der Waals surface area contributed by atoms with Crippen molar-refractivity contribution in [3.8, 4) is 11.5 Å². The maximum atomic E-state index is 6.61. The van der Waals surface area contributed by atoms with Gasteiger partial charge < -0.3 is 9.47 Å². The average Bonchev–Trinajstić information content (AvgIpc) is 3.18. The Morgan fingerprint density at radius 1 is 1.08 bits per heavy atom. The first-order valence-electron chi connectivity index (χ1n) is 9.18. The largest absolute Gasteiger partial charge is 0.496 e. The molecule has 0 saturated carbocycles. The van der Waals surface area contributed by atoms with Gasteiger partial charge in [-0.3, -0.25) is 9.80 Å². The van der Waals surface area contributed by atoms with E-state index in [1.807, 2.05) is 12.1 Å². The molecule has 1 aromatic carbocycles. The molecule has 5 heteroatoms. The van der Waals surface area contributed by atoms with Crippen molar-refractivity contribution in [1.29, 1.82) is 0 Å². The van der Waals surface area contributed by atoms with Crippen LogP contribution >= 0.6 is 11.6 Å². The Hall–Kier alpha value is -0.970. The summed E-state index contributed by atoms with van der Waals surface area (Å²) in [6.45, 7) is 6.57. The van der Waals surface area contributed by atoms with Crippen LogP contribution < -0.4 is 9.47 Å². The summed E-state index contributed by atoms with van der Waals surface area (Å²) in [4.78, 5) is 4.95. The van der Waals surface area contributed by atoms with Gasteiger partial charge in [-0.1, -0.05) is 11.6 Å². The molecule has 2 unspecified atom stereocenters. The molecule has 0 spiro atoms. The van der Waals surface area contributed by atoms with E-state index in [0.29, 0.717) is 0 Å². The van der Waals surface area contributed by atoms with Crippen LogP contribution in [0.4, 0.5) is 0 Å². The van der Waals surface area contributed by atoms with E-state index in [1.165, 1.54) is 25.8 Å². The minimum atomic E-state index is -0.0247. The van der Waals surface area contributed by atoms with E-state index < -0.39 is 0 Å². The van der Waals surface area contributed by atoms with Gasteiger partial charge in [0.1, 0.15) is 17.1 Å². The summed E-state index contributed by atoms with van der Waals surface area (Å²) in [6, 6.07) is 4.02. The number of hydrogen-bond donors (Lipinski definition) is 0. The van der Waals surface area contributed by atoms with Gasteiger partial charge in [0.25, 0.3) is 0 Å². The number of hydrogen-bond acceptors (Lipinski definition) is 4. The number of piperidine rings is 1. The van der Waals surface area contributed by atoms with Crippen LogP contribution in [0.2, 0.25) is 5.02 Å². The van der Waals surface area contributed by atoms with Gasteiger partial charge in [-0.15, -0.1) is 0 Å². The molecule has 3 saturated heterocycles. The molecule has 2 atom stereocenters. The van der Waals surface area contributed by atoms with Crippen molar-refractivity contribution in [1.82, 2.24) is 9.80 Å². The van der Waals surface area contributed by atoms with Gasteiger partial charge in [-0.25, -0.2) is 0 Å². The molecule has 4 nitrogen and oxygen atoms in total. The van der Waals surface area contributed by atoms with Gasteiger partial charge in [0.15, 0.2) is 0 Å². The summed E-state index contributed by atoms with van der Waals surface area (Å²) >= 11 is 6.61. The second-order valence-corrected chi connectivity index (χ2v) is 7.89. The van der Waals surface area contributed by atoms with Crippen molar-refractivity contribution in [3.63, 3.8) is 0 Å². The molecule has 0 amide bonds. The Morgan fingerprint density at radius 2 is 1.92 bits per heavy atom. The number of ether oxygens (including phenoxy) is 2. The molecular formula is C19H27ClN2O2. The fourth-order valence-electron chi connectivity index (χ4n) is 4.48. The first-order valence-corrected chi connectivity index (χ1v) is 9.55. The second kappa shape index (κ2) is 6.74. The molecule has 3 heterocycles. The summed E-state index contributed by atoms with van der Waals surface area (Å²) in [5.74, 6) is 1.71. The maximum Gasteiger partial charge on any atom is 0.128 e. The molecule has 0 aliphatic carbocycles. The van der Waals surface area contributed by atoms with Crippen LogP contribution in [0.25, 0.3) is 0 Å². The topological polar surface area (TPSA) is 24.9 Å². The molecule has 0 aromatic heterocycles. The van der Waals surface area contributed by atoms with Crippen molar-refractivity contribution in [2.75, 3.05) is 39.8 Å². The van der Waals surface area contributed by atoms with Gasteiger partial charge in [0.2, 0.25) is 0 Å². The number of methoxy groups -OCH3 is 1. The van der Waals surface area contributed by atoms with Crippen molar-refractivity contribution in [3.05, 3.63) is 22.7 Å². The van der Waals surface area contributed by atoms with Crippen LogP contribution in [-0.2, 0) is 6.54 Å². The van der Waals surface area contributed by atoms with Crippen molar-refractivity contribution in [2.24, 2.45) is 0 Å². The molecule has 24 heavy (non-hydrogen) atoms. The lowest BCUT2D eigenvalue weighted by Gasteiger charge is -2.34. The quantitative estimate of drug-likeness (QED) is 0.810. The summed E-state index contributed by atoms with van der Waals surface area (Å²) in [6.07, 6.45) is 6.03. The third kappa shape index (κ3) is 3.24. The van der Waals surface area contributed by atoms with Gasteiger partial charge in [0, 0.05) is 37.7 Å². The number of likely N-dealkylation sites (tertiary alicyclic amines) is 1. The number of fused-ring (bicyclic) bond motifs is 2. The van der Waals surface area contributed by atoms with Crippen LogP contribution in [-0.4, -0.2) is 55.2 Å². The second-order valence-electron chi connectivity index (χ2n) is 7.48. The van der Waals surface area contributed by atoms with E-state index in [4.69, 9.17) is 21.1 Å². The number of halogens is 1. The van der Waals surface area contributed by atoms with Crippen molar-refractivity contribution < 1.29 is 9.47 Å². The molecule has 1 aromatic rings. The van der Waals surface area contributed by atoms with Crippen LogP contribution in [0, 0.1) is 0 Å². The van der Waals surface area contributed by atoms with Crippen LogP contribution in [0.15, 0.2) is 12.1 Å². The fraction of sp³-hybridized carbons (Fsp3) is 0.684. The Labute approximate surface area is 149 Å². The monoisotopic (exact) mass is 350 g/mol. The Morgan fingerprint density at radius 3 is 2.71 bits per heavy atom. The van der Waals surface area contributed by atoms with Crippen LogP contribution in [0.3, 0.4) is 0 Å². The third-order valence-corrected chi connectivity index (χ3v) is 6.10. The molecule has 3 aliphatic heterocycles. The third-order valence-electron chi connectivity index (χ3n) is 5.76. The van der Waals surface area contributed by atoms with E-state index in [1.54, 1.807) is 7.11 Å². The zero-order valence-corrected chi connectivity index (χ0v) is 15.3. The van der Waals surface area contributed by atoms with Gasteiger partial charge in [-0.05, 0) is 51.4 Å². The summed E-state index contributed by atoms with van der Waals surface area (Å²) in [5, 5.41) is 0.762. The zero-order chi connectivity index (χ0) is 16.6. The van der Waals surface area contributed by atoms with Gasteiger partial charge >= 0.3 is 0 Å². The Kier molecular flexibility index (Phi) is 4.63. The molecule has 2 bridgehead atoms. The summed E-state index contributed by atoms with van der Waals surface area (Å²) < 4.78 is 12.1. The molecular weight excluding hydrogens is 324 g/mol. The van der Waals surface area contributed by atoms with E-state index in [-0.39, 0.29) is 5.60 Å². The highest BCUT2D eigenvalue weighted by atomic mass is 35.5. The number of nitrogens with zero attached hydrogens (tertiary/aromatic N) is 2. The van der Waals surface area contributed by atoms with E-state index in [2.05, 4.69) is 9.80 Å². The predicted molar refractivity (Wildman–Crippen MR) is 96.2 cm³/mol. The lowest BCUT2D eigenvalue weighted by molar-refractivity contribution is 0.0451. The summed E-state index contributed by atoms with van der Waals surface area (Å²) in [5.41, 5.74) is 1.06. The predicted octanol–water partition coefficient (Wildman–Crippen LogP) is 3.56. The lowest BCUT2D eigenvalue weighted by Crippen LogP contribution is -2.43.